The first-order valence-electron chi connectivity index (χ1n) is 9.22. The van der Waals surface area contributed by atoms with Crippen molar-refractivity contribution < 1.29 is 19.6 Å². The van der Waals surface area contributed by atoms with Crippen molar-refractivity contribution >= 4 is 23.0 Å². The molecule has 0 unspecified atom stereocenters. The van der Waals surface area contributed by atoms with Crippen molar-refractivity contribution in [2.45, 2.75) is 45.4 Å². The van der Waals surface area contributed by atoms with E-state index in [1.54, 1.807) is 18.2 Å². The number of para-hydroxylation sites is 1. The van der Waals surface area contributed by atoms with E-state index < -0.39 is 4.92 Å². The SMILES string of the molecule is COC(=O)CCCc1cc(N=Nc2ccccc2[N+](=O)[O-])c(O)c(C(C)(C)C)c1. The van der Waals surface area contributed by atoms with Gasteiger partial charge in [-0.3, -0.25) is 14.9 Å². The summed E-state index contributed by atoms with van der Waals surface area (Å²) in [7, 11) is 1.35. The Morgan fingerprint density at radius 1 is 1.17 bits per heavy atom. The van der Waals surface area contributed by atoms with Crippen LogP contribution in [0.2, 0.25) is 0 Å². The van der Waals surface area contributed by atoms with E-state index in [2.05, 4.69) is 15.0 Å². The Hall–Kier alpha value is -3.29. The largest absolute Gasteiger partial charge is 0.505 e. The highest BCUT2D eigenvalue weighted by molar-refractivity contribution is 5.69. The van der Waals surface area contributed by atoms with Crippen molar-refractivity contribution in [3.8, 4) is 5.75 Å². The van der Waals surface area contributed by atoms with Crippen LogP contribution in [0.1, 0.15) is 44.7 Å². The number of nitrogens with zero attached hydrogens (tertiary/aromatic N) is 3. The molecule has 2 aromatic carbocycles. The van der Waals surface area contributed by atoms with Gasteiger partial charge in [0.15, 0.2) is 5.69 Å². The summed E-state index contributed by atoms with van der Waals surface area (Å²) in [6.45, 7) is 5.88. The summed E-state index contributed by atoms with van der Waals surface area (Å²) in [6.07, 6.45) is 1.46. The zero-order valence-corrected chi connectivity index (χ0v) is 17.0. The van der Waals surface area contributed by atoms with Gasteiger partial charge in [0.1, 0.15) is 11.4 Å². The number of esters is 1. The van der Waals surface area contributed by atoms with E-state index in [0.717, 1.165) is 5.56 Å². The van der Waals surface area contributed by atoms with E-state index in [-0.39, 0.29) is 40.6 Å². The lowest BCUT2D eigenvalue weighted by Gasteiger charge is -2.22. The monoisotopic (exact) mass is 399 g/mol. The second-order valence-corrected chi connectivity index (χ2v) is 7.64. The quantitative estimate of drug-likeness (QED) is 0.285. The van der Waals surface area contributed by atoms with Crippen LogP contribution in [-0.2, 0) is 21.4 Å². The zero-order valence-electron chi connectivity index (χ0n) is 17.0. The number of phenols is 1. The third kappa shape index (κ3) is 5.84. The highest BCUT2D eigenvalue weighted by atomic mass is 16.6. The summed E-state index contributed by atoms with van der Waals surface area (Å²) in [5, 5.41) is 29.9. The van der Waals surface area contributed by atoms with Crippen LogP contribution < -0.4 is 0 Å². The van der Waals surface area contributed by atoms with Gasteiger partial charge in [-0.1, -0.05) is 39.0 Å². The van der Waals surface area contributed by atoms with Gasteiger partial charge in [-0.25, -0.2) is 0 Å². The summed E-state index contributed by atoms with van der Waals surface area (Å²) >= 11 is 0. The number of aromatic hydroxyl groups is 1. The van der Waals surface area contributed by atoms with Crippen molar-refractivity contribution in [1.82, 2.24) is 0 Å². The molecule has 0 spiro atoms. The number of nitro groups is 1. The number of methoxy groups -OCH3 is 1. The van der Waals surface area contributed by atoms with Gasteiger partial charge in [-0.05, 0) is 36.0 Å². The molecule has 0 amide bonds. The van der Waals surface area contributed by atoms with Crippen molar-refractivity contribution in [3.63, 3.8) is 0 Å². The summed E-state index contributed by atoms with van der Waals surface area (Å²) in [5.74, 6) is -0.298. The van der Waals surface area contributed by atoms with Crippen LogP contribution >= 0.6 is 0 Å². The number of phenolic OH excluding ortho intramolecular Hbond substituents is 1. The summed E-state index contributed by atoms with van der Waals surface area (Å²) in [6, 6.07) is 9.58. The Morgan fingerprint density at radius 3 is 2.45 bits per heavy atom. The number of hydrogen-bond donors (Lipinski definition) is 1. The van der Waals surface area contributed by atoms with Crippen molar-refractivity contribution in [2.24, 2.45) is 10.2 Å². The van der Waals surface area contributed by atoms with Crippen LogP contribution in [0.4, 0.5) is 17.1 Å². The lowest BCUT2D eigenvalue weighted by Crippen LogP contribution is -2.12. The predicted octanol–water partition coefficient (Wildman–Crippen LogP) is 5.51. The van der Waals surface area contributed by atoms with Gasteiger partial charge < -0.3 is 9.84 Å². The second kappa shape index (κ2) is 9.27. The van der Waals surface area contributed by atoms with E-state index in [1.807, 2.05) is 26.8 Å². The Balaban J connectivity index is 2.41. The fraction of sp³-hybridized carbons (Fsp3) is 0.381. The number of carbonyl (C=O) groups is 1. The molecule has 0 aliphatic rings. The van der Waals surface area contributed by atoms with E-state index in [4.69, 9.17) is 0 Å². The lowest BCUT2D eigenvalue weighted by atomic mass is 9.84. The first kappa shape index (κ1) is 22.0. The van der Waals surface area contributed by atoms with E-state index in [1.165, 1.54) is 19.2 Å². The molecule has 0 aliphatic heterocycles. The molecular formula is C21H25N3O5. The molecular weight excluding hydrogens is 374 g/mol. The van der Waals surface area contributed by atoms with Crippen LogP contribution in [0.15, 0.2) is 46.6 Å². The molecule has 0 bridgehead atoms. The van der Waals surface area contributed by atoms with Crippen LogP contribution in [-0.4, -0.2) is 23.1 Å². The fourth-order valence-corrected chi connectivity index (χ4v) is 2.82. The zero-order chi connectivity index (χ0) is 21.6. The van der Waals surface area contributed by atoms with Gasteiger partial charge in [0.05, 0.1) is 12.0 Å². The fourth-order valence-electron chi connectivity index (χ4n) is 2.82. The van der Waals surface area contributed by atoms with Gasteiger partial charge in [0.2, 0.25) is 0 Å². The Labute approximate surface area is 169 Å². The molecule has 8 nitrogen and oxygen atoms in total. The molecule has 8 heteroatoms. The van der Waals surface area contributed by atoms with Crippen LogP contribution in [0.5, 0.6) is 5.75 Å². The average Bonchev–Trinajstić information content (AvgIpc) is 2.67. The molecule has 0 aliphatic carbocycles. The minimum atomic E-state index is -0.530. The van der Waals surface area contributed by atoms with E-state index in [9.17, 15) is 20.0 Å². The number of benzene rings is 2. The highest BCUT2D eigenvalue weighted by Gasteiger charge is 2.22. The van der Waals surface area contributed by atoms with Gasteiger partial charge in [0, 0.05) is 18.1 Å². The van der Waals surface area contributed by atoms with Crippen LogP contribution in [0.25, 0.3) is 0 Å². The molecule has 0 heterocycles. The summed E-state index contributed by atoms with van der Waals surface area (Å²) in [5.41, 5.74) is 1.37. The van der Waals surface area contributed by atoms with E-state index >= 15 is 0 Å². The number of carbonyl (C=O) groups excluding carboxylic acids is 1. The molecule has 0 atom stereocenters. The number of hydrogen-bond acceptors (Lipinski definition) is 7. The minimum absolute atomic E-state index is 0.0171. The second-order valence-electron chi connectivity index (χ2n) is 7.64. The standard InChI is InChI=1S/C21H25N3O5/c1-21(2,3)15-12-14(8-7-11-19(25)29-4)13-17(20(15)26)23-22-16-9-5-6-10-18(16)24(27)28/h5-6,9-10,12-13,26H,7-8,11H2,1-4H3. The number of rotatable bonds is 7. The number of aryl methyl sites for hydroxylation is 1. The normalized spacial score (nSPS) is 11.6. The molecule has 0 radical (unpaired) electrons. The third-order valence-electron chi connectivity index (χ3n) is 4.38. The van der Waals surface area contributed by atoms with Gasteiger partial charge >= 0.3 is 5.97 Å². The molecule has 0 aromatic heterocycles. The minimum Gasteiger partial charge on any atom is -0.505 e. The predicted molar refractivity (Wildman–Crippen MR) is 109 cm³/mol. The van der Waals surface area contributed by atoms with Crippen LogP contribution in [0, 0.1) is 10.1 Å². The molecule has 0 saturated heterocycles. The highest BCUT2D eigenvalue weighted by Crippen LogP contribution is 2.40. The van der Waals surface area contributed by atoms with Gasteiger partial charge in [-0.15, -0.1) is 10.2 Å². The van der Waals surface area contributed by atoms with Gasteiger partial charge in [-0.2, -0.15) is 0 Å². The molecule has 0 saturated carbocycles. The topological polar surface area (TPSA) is 114 Å². The Kier molecular flexibility index (Phi) is 7.03. The average molecular weight is 399 g/mol. The molecule has 2 rings (SSSR count). The Morgan fingerprint density at radius 2 is 1.83 bits per heavy atom. The van der Waals surface area contributed by atoms with Crippen molar-refractivity contribution in [1.29, 1.82) is 0 Å². The first-order chi connectivity index (χ1) is 13.6. The summed E-state index contributed by atoms with van der Waals surface area (Å²) in [4.78, 5) is 22.0. The number of nitro benzene ring substituents is 1. The number of azo groups is 1. The maximum atomic E-state index is 11.3. The molecule has 154 valence electrons. The summed E-state index contributed by atoms with van der Waals surface area (Å²) < 4.78 is 4.66. The maximum absolute atomic E-state index is 11.3. The number of ether oxygens (including phenoxy) is 1. The lowest BCUT2D eigenvalue weighted by molar-refractivity contribution is -0.384. The smallest absolute Gasteiger partial charge is 0.305 e. The molecule has 2 aromatic rings. The molecule has 0 fully saturated rings. The van der Waals surface area contributed by atoms with Crippen molar-refractivity contribution in [3.05, 3.63) is 57.6 Å². The van der Waals surface area contributed by atoms with E-state index in [0.29, 0.717) is 18.4 Å². The maximum Gasteiger partial charge on any atom is 0.305 e. The van der Waals surface area contributed by atoms with Crippen molar-refractivity contribution in [2.75, 3.05) is 7.11 Å². The molecule has 1 N–H and O–H groups in total. The molecule has 29 heavy (non-hydrogen) atoms. The Bertz CT molecular complexity index is 932. The first-order valence-corrected chi connectivity index (χ1v) is 9.22. The third-order valence-corrected chi connectivity index (χ3v) is 4.38. The van der Waals surface area contributed by atoms with Gasteiger partial charge in [0.25, 0.3) is 5.69 Å². The van der Waals surface area contributed by atoms with Crippen LogP contribution in [0.3, 0.4) is 0 Å².